The Morgan fingerprint density at radius 3 is 1.10 bits per heavy atom. The van der Waals surface area contributed by atoms with Gasteiger partial charge in [0.15, 0.2) is 0 Å². The summed E-state index contributed by atoms with van der Waals surface area (Å²) in [7, 11) is 8.06. The number of nitrogens with one attached hydrogen (secondary N) is 1. The molecule has 3 atom stereocenters. The van der Waals surface area contributed by atoms with Gasteiger partial charge < -0.3 is 61.8 Å². The molecule has 0 radical (unpaired) electrons. The summed E-state index contributed by atoms with van der Waals surface area (Å²) in [5.74, 6) is 0.396. The Bertz CT molecular complexity index is 4500. The first-order valence-electron chi connectivity index (χ1n) is 42.0. The Kier molecular flexibility index (Phi) is 40.4. The van der Waals surface area contributed by atoms with Crippen LogP contribution >= 0.6 is 8.53 Å². The number of rotatable bonds is 51. The molecular formula is C97H121N6O20P. The maximum Gasteiger partial charge on any atom is 0.306 e. The first kappa shape index (κ1) is 98.6. The van der Waals surface area contributed by atoms with E-state index in [-0.39, 0.29) is 90.1 Å². The normalized spacial score (nSPS) is 13.7. The fraction of sp³-hybridized carbons (Fsp3) is 0.423. The van der Waals surface area contributed by atoms with Crippen molar-refractivity contribution in [2.24, 2.45) is 16.0 Å². The van der Waals surface area contributed by atoms with Crippen molar-refractivity contribution in [3.05, 3.63) is 262 Å². The minimum absolute atomic E-state index is 0.00911. The van der Waals surface area contributed by atoms with E-state index in [1.807, 2.05) is 153 Å². The van der Waals surface area contributed by atoms with E-state index in [9.17, 15) is 34.0 Å². The molecule has 5 amide bonds. The molecule has 0 aliphatic carbocycles. The molecule has 664 valence electrons. The minimum Gasteiger partial charge on any atom is -0.497 e. The molecule has 0 saturated carbocycles. The van der Waals surface area contributed by atoms with E-state index in [1.165, 1.54) is 14.2 Å². The van der Waals surface area contributed by atoms with E-state index in [4.69, 9.17) is 61.4 Å². The maximum absolute atomic E-state index is 12.8. The molecule has 8 aromatic carbocycles. The summed E-state index contributed by atoms with van der Waals surface area (Å²) >= 11 is 0. The number of hydrogen-bond acceptors (Lipinski definition) is 23. The van der Waals surface area contributed by atoms with Crippen molar-refractivity contribution in [2.45, 2.75) is 142 Å². The number of nitrogens with zero attached hydrogens (tertiary/aromatic N) is 5. The molecule has 2 aliphatic heterocycles. The van der Waals surface area contributed by atoms with Crippen molar-refractivity contribution in [2.75, 3.05) is 115 Å². The van der Waals surface area contributed by atoms with E-state index in [2.05, 4.69) is 72.8 Å². The highest BCUT2D eigenvalue weighted by molar-refractivity contribution is 7.44. The molecular weight excluding hydrogens is 1600 g/mol. The second-order valence-corrected chi connectivity index (χ2v) is 32.4. The van der Waals surface area contributed by atoms with Crippen molar-refractivity contribution in [3.8, 4) is 29.1 Å². The molecule has 0 spiro atoms. The number of amides is 5. The van der Waals surface area contributed by atoms with E-state index < -0.39 is 60.2 Å². The number of hydroxylamine groups is 4. The summed E-state index contributed by atoms with van der Waals surface area (Å²) in [4.78, 5) is 90.4. The van der Waals surface area contributed by atoms with Gasteiger partial charge >= 0.3 is 5.97 Å². The van der Waals surface area contributed by atoms with Crippen molar-refractivity contribution in [1.82, 2.24) is 20.1 Å². The number of nitriles is 1. The molecule has 2 aliphatic rings. The number of methoxy groups -OCH3 is 4. The van der Waals surface area contributed by atoms with Crippen LogP contribution in [-0.2, 0) is 68.0 Å². The smallest absolute Gasteiger partial charge is 0.306 e. The van der Waals surface area contributed by atoms with Gasteiger partial charge in [-0.25, -0.2) is 4.67 Å². The van der Waals surface area contributed by atoms with Gasteiger partial charge in [0.25, 0.3) is 32.2 Å². The van der Waals surface area contributed by atoms with E-state index in [1.54, 1.807) is 90.1 Å². The molecule has 26 nitrogen and oxygen atoms in total. The number of carbonyl (C=O) groups excluding carboxylic acids is 6. The number of esters is 1. The number of carbonyl (C=O) groups is 6. The second kappa shape index (κ2) is 50.8. The average Bonchev–Trinajstić information content (AvgIpc) is 1.33. The topological polar surface area (TPSA) is 290 Å². The van der Waals surface area contributed by atoms with Gasteiger partial charge in [0, 0.05) is 55.8 Å². The highest BCUT2D eigenvalue weighted by Crippen LogP contribution is 2.49. The van der Waals surface area contributed by atoms with Crippen LogP contribution in [0.3, 0.4) is 0 Å². The number of unbranched alkanes of at least 4 members (excludes halogenated alkanes) is 6. The summed E-state index contributed by atoms with van der Waals surface area (Å²) in [6.07, 6.45) is 8.05. The highest BCUT2D eigenvalue weighted by atomic mass is 31.2. The van der Waals surface area contributed by atoms with Gasteiger partial charge in [-0.15, -0.1) is 15.3 Å². The summed E-state index contributed by atoms with van der Waals surface area (Å²) in [5.41, 5.74) is 3.19. The molecule has 0 aromatic heterocycles. The van der Waals surface area contributed by atoms with Gasteiger partial charge in [0.2, 0.25) is 5.91 Å². The summed E-state index contributed by atoms with van der Waals surface area (Å²) in [6.45, 7) is 17.2. The van der Waals surface area contributed by atoms with Gasteiger partial charge in [-0.3, -0.25) is 38.4 Å². The van der Waals surface area contributed by atoms with Crippen LogP contribution in [0.15, 0.2) is 211 Å². The molecule has 8 aromatic rings. The Morgan fingerprint density at radius 2 is 0.782 bits per heavy atom. The van der Waals surface area contributed by atoms with Gasteiger partial charge in [0.1, 0.15) is 47.9 Å². The van der Waals surface area contributed by atoms with Crippen LogP contribution in [0.4, 0.5) is 0 Å². The monoisotopic (exact) mass is 1720 g/mol. The minimum atomic E-state index is -1.53. The molecule has 10 rings (SSSR count). The van der Waals surface area contributed by atoms with Crippen molar-refractivity contribution < 1.29 is 95.0 Å². The van der Waals surface area contributed by atoms with Gasteiger partial charge in [-0.05, 0) is 166 Å². The largest absolute Gasteiger partial charge is 0.497 e. The van der Waals surface area contributed by atoms with Crippen LogP contribution in [0.1, 0.15) is 194 Å². The number of benzene rings is 8. The van der Waals surface area contributed by atoms with Crippen LogP contribution in [0.5, 0.6) is 23.0 Å². The Hall–Kier alpha value is -10.8. The van der Waals surface area contributed by atoms with Crippen LogP contribution in [0, 0.1) is 22.2 Å². The van der Waals surface area contributed by atoms with Gasteiger partial charge in [-0.1, -0.05) is 173 Å². The lowest BCUT2D eigenvalue weighted by molar-refractivity contribution is -0.153. The average molecular weight is 1720 g/mol. The zero-order valence-electron chi connectivity index (χ0n) is 73.8. The van der Waals surface area contributed by atoms with E-state index in [0.29, 0.717) is 66.4 Å². The zero-order valence-corrected chi connectivity index (χ0v) is 74.7. The Balaban J connectivity index is 0.000000292. The maximum atomic E-state index is 12.8. The molecule has 27 heteroatoms. The molecule has 0 saturated heterocycles. The quantitative estimate of drug-likeness (QED) is 0.00705. The lowest BCUT2D eigenvalue weighted by Gasteiger charge is -2.41. The van der Waals surface area contributed by atoms with Crippen LogP contribution in [0.2, 0.25) is 0 Å². The molecule has 0 bridgehead atoms. The number of hydrogen-bond donors (Lipinski definition) is 1. The fourth-order valence-corrected chi connectivity index (χ4v) is 15.9. The third-order valence-electron chi connectivity index (χ3n) is 20.7. The second-order valence-electron chi connectivity index (χ2n) is 30.9. The third kappa shape index (κ3) is 27.6. The van der Waals surface area contributed by atoms with Crippen molar-refractivity contribution in [3.63, 3.8) is 0 Å². The molecule has 2 heterocycles. The Labute approximate surface area is 731 Å². The molecule has 0 fully saturated rings. The first-order chi connectivity index (χ1) is 60.0. The van der Waals surface area contributed by atoms with Gasteiger partial charge in [0.05, 0.1) is 122 Å². The molecule has 124 heavy (non-hydrogen) atoms. The number of fused-ring (bicyclic) bond motifs is 2. The van der Waals surface area contributed by atoms with Crippen LogP contribution < -0.4 is 24.3 Å². The molecule has 3 unspecified atom stereocenters. The highest BCUT2D eigenvalue weighted by Gasteiger charge is 2.45. The first-order valence-corrected chi connectivity index (χ1v) is 43.1. The zero-order chi connectivity index (χ0) is 89.3. The standard InChI is InChI=1S/C49H62N3O9P.C45H52N2O10.C3H7NO/c1-37(2)52(38(3)4)62(60-33-17-30-50)61-36-48(5,34-57-31-15-8-9-16-32-59-51-46(53)44-20-13-14-21-45(44)47(51)54)35-58-49(39-18-11-10-12-19-39,40-22-26-42(55-6)27-23-40)41-24-28-43(56-7)29-25-41;1-44(31-55-41(49)27-26-40(48)46-2,30-54-28-12-5-6-13-29-57-47-42(50)38-16-10-11-17-39(38)43(47)51)32-56-45(33-14-8-7-9-15-33,34-18-22-36(52-3)23-19-34)35-20-24-37(53-4)25-21-35;1-3-4-5-2/h10-14,18-29,37-38H,8-9,15-17,31-36H2,1-7H3;7-11,14-25H,5-6,12-13,26-32H2,1-4H3,(H,46,48);3H,1-2H3/b;;4-3+. The third-order valence-corrected chi connectivity index (χ3v) is 22.7. The fourth-order valence-electron chi connectivity index (χ4n) is 14.1. The van der Waals surface area contributed by atoms with Gasteiger partial charge in [-0.2, -0.15) is 5.26 Å². The van der Waals surface area contributed by atoms with E-state index in [0.717, 1.165) is 93.5 Å². The summed E-state index contributed by atoms with van der Waals surface area (Å²) < 4.78 is 70.4. The predicted molar refractivity (Wildman–Crippen MR) is 474 cm³/mol. The lowest BCUT2D eigenvalue weighted by atomic mass is 9.79. The van der Waals surface area contributed by atoms with Crippen LogP contribution in [-0.4, -0.2) is 184 Å². The van der Waals surface area contributed by atoms with Crippen molar-refractivity contribution >= 4 is 50.2 Å². The SMILES string of the molecule is C/C=N/OC.CNC(=O)CCC(=O)OCC(C)(COCCCCCCON1C(=O)c2ccccc2C1=O)COC(c1ccccc1)(c1ccc(OC)cc1)c1ccc(OC)cc1.COc1ccc(C(OCC(C)(COCCCCCCON2C(=O)c3ccccc3C2=O)COP(OCCC#N)N(C(C)C)C(C)C)(c2ccccc2)c2ccc(OC)cc2)cc1. The number of oxime groups is 1. The predicted octanol–water partition coefficient (Wildman–Crippen LogP) is 17.6. The summed E-state index contributed by atoms with van der Waals surface area (Å²) in [6, 6.07) is 67.4. The number of ether oxygens (including phenoxy) is 9. The van der Waals surface area contributed by atoms with Crippen LogP contribution in [0.25, 0.3) is 0 Å². The van der Waals surface area contributed by atoms with E-state index >= 15 is 0 Å². The number of imide groups is 2. The summed E-state index contributed by atoms with van der Waals surface area (Å²) in [5, 5.41) is 16.9. The molecule has 1 N–H and O–H groups in total. The Morgan fingerprint density at radius 1 is 0.444 bits per heavy atom. The lowest BCUT2D eigenvalue weighted by Crippen LogP contribution is -2.41. The van der Waals surface area contributed by atoms with Crippen molar-refractivity contribution in [1.29, 1.82) is 5.26 Å².